The Labute approximate surface area is 136 Å². The summed E-state index contributed by atoms with van der Waals surface area (Å²) in [6.07, 6.45) is 11.9. The van der Waals surface area contributed by atoms with Crippen molar-refractivity contribution in [2.45, 2.75) is 38.1 Å². The van der Waals surface area contributed by atoms with Crippen LogP contribution < -0.4 is 4.90 Å². The van der Waals surface area contributed by atoms with E-state index in [0.717, 1.165) is 16.7 Å². The molecule has 0 unspecified atom stereocenters. The second-order valence-corrected chi connectivity index (χ2v) is 6.24. The number of anilines is 1. The van der Waals surface area contributed by atoms with Gasteiger partial charge in [0.05, 0.1) is 5.52 Å². The molecule has 0 atom stereocenters. The Morgan fingerprint density at radius 2 is 1.91 bits per heavy atom. The largest absolute Gasteiger partial charge is 0.356 e. The lowest BCUT2D eigenvalue weighted by Gasteiger charge is -2.32. The first-order valence-electron chi connectivity index (χ1n) is 8.31. The van der Waals surface area contributed by atoms with Crippen LogP contribution in [0.2, 0.25) is 0 Å². The van der Waals surface area contributed by atoms with Crippen molar-refractivity contribution in [2.75, 3.05) is 11.9 Å². The number of benzene rings is 1. The summed E-state index contributed by atoms with van der Waals surface area (Å²) in [6.45, 7) is 0. The van der Waals surface area contributed by atoms with E-state index in [9.17, 15) is 0 Å². The zero-order valence-corrected chi connectivity index (χ0v) is 13.4. The van der Waals surface area contributed by atoms with Crippen LogP contribution in [0, 0.1) is 0 Å². The first-order valence-corrected chi connectivity index (χ1v) is 8.31. The van der Waals surface area contributed by atoms with E-state index in [1.54, 1.807) is 12.5 Å². The summed E-state index contributed by atoms with van der Waals surface area (Å²) in [5.74, 6) is 1.70. The number of hydrogen-bond acceptors (Lipinski definition) is 4. The topological polar surface area (TPSA) is 46.8 Å². The molecule has 1 aromatic carbocycles. The number of rotatable bonds is 3. The van der Waals surface area contributed by atoms with Crippen LogP contribution in [0.4, 0.5) is 5.82 Å². The average Bonchev–Trinajstić information content (AvgIpc) is 3.15. The molecule has 0 spiro atoms. The molecule has 2 heterocycles. The molecule has 2 aromatic heterocycles. The first-order chi connectivity index (χ1) is 11.3. The molecule has 5 nitrogen and oxygen atoms in total. The molecule has 0 radical (unpaired) electrons. The van der Waals surface area contributed by atoms with Gasteiger partial charge in [0.15, 0.2) is 0 Å². The zero-order chi connectivity index (χ0) is 15.6. The molecule has 118 valence electrons. The van der Waals surface area contributed by atoms with Gasteiger partial charge in [-0.3, -0.25) is 4.57 Å². The van der Waals surface area contributed by atoms with Gasteiger partial charge in [-0.1, -0.05) is 31.4 Å². The molecular formula is C18H21N5. The van der Waals surface area contributed by atoms with Gasteiger partial charge in [-0.25, -0.2) is 9.97 Å². The van der Waals surface area contributed by atoms with E-state index in [2.05, 4.69) is 35.1 Å². The van der Waals surface area contributed by atoms with Crippen LogP contribution in [0.3, 0.4) is 0 Å². The van der Waals surface area contributed by atoms with Crippen LogP contribution in [-0.2, 0) is 0 Å². The lowest BCUT2D eigenvalue weighted by Crippen LogP contribution is -2.34. The smallest absolute Gasteiger partial charge is 0.237 e. The third kappa shape index (κ3) is 2.67. The van der Waals surface area contributed by atoms with Crippen LogP contribution >= 0.6 is 0 Å². The lowest BCUT2D eigenvalue weighted by atomic mass is 9.94. The van der Waals surface area contributed by atoms with E-state index in [1.807, 2.05) is 16.8 Å². The van der Waals surface area contributed by atoms with Crippen LogP contribution in [-0.4, -0.2) is 32.6 Å². The third-order valence-electron chi connectivity index (χ3n) is 4.76. The summed E-state index contributed by atoms with van der Waals surface area (Å²) < 4.78 is 1.87. The maximum atomic E-state index is 4.86. The van der Waals surface area contributed by atoms with Crippen molar-refractivity contribution in [1.29, 1.82) is 0 Å². The Hall–Kier alpha value is -2.43. The molecule has 3 aromatic rings. The van der Waals surface area contributed by atoms with Crippen molar-refractivity contribution >= 4 is 16.7 Å². The predicted octanol–water partition coefficient (Wildman–Crippen LogP) is 3.58. The molecule has 0 amide bonds. The SMILES string of the molecule is CN(c1nc(-n2ccnc2)nc2ccccc12)C1CCCCC1. The number of nitrogens with zero attached hydrogens (tertiary/aromatic N) is 5. The highest BCUT2D eigenvalue weighted by atomic mass is 15.3. The van der Waals surface area contributed by atoms with Gasteiger partial charge in [-0.15, -0.1) is 0 Å². The number of aromatic nitrogens is 4. The lowest BCUT2D eigenvalue weighted by molar-refractivity contribution is 0.426. The molecule has 1 aliphatic carbocycles. The van der Waals surface area contributed by atoms with Gasteiger partial charge in [-0.2, -0.15) is 4.98 Å². The summed E-state index contributed by atoms with van der Waals surface area (Å²) in [7, 11) is 2.17. The Kier molecular flexibility index (Phi) is 3.69. The van der Waals surface area contributed by atoms with Crippen molar-refractivity contribution in [3.8, 4) is 5.95 Å². The monoisotopic (exact) mass is 307 g/mol. The van der Waals surface area contributed by atoms with Gasteiger partial charge in [0.2, 0.25) is 5.95 Å². The molecule has 1 fully saturated rings. The molecule has 1 aliphatic rings. The van der Waals surface area contributed by atoms with Crippen LogP contribution in [0.1, 0.15) is 32.1 Å². The summed E-state index contributed by atoms with van der Waals surface area (Å²) in [5.41, 5.74) is 0.976. The van der Waals surface area contributed by atoms with Crippen LogP contribution in [0.25, 0.3) is 16.9 Å². The number of hydrogen-bond donors (Lipinski definition) is 0. The Bertz CT molecular complexity index is 790. The molecule has 23 heavy (non-hydrogen) atoms. The third-order valence-corrected chi connectivity index (χ3v) is 4.76. The van der Waals surface area contributed by atoms with E-state index in [1.165, 1.54) is 32.1 Å². The fourth-order valence-corrected chi connectivity index (χ4v) is 3.45. The molecule has 0 aliphatic heterocycles. The maximum absolute atomic E-state index is 4.86. The minimum Gasteiger partial charge on any atom is -0.356 e. The standard InChI is InChI=1S/C18H21N5/c1-22(14-7-3-2-4-8-14)17-15-9-5-6-10-16(15)20-18(21-17)23-12-11-19-13-23/h5-6,9-14H,2-4,7-8H2,1H3. The first kappa shape index (κ1) is 14.2. The second kappa shape index (κ2) is 5.99. The minimum atomic E-state index is 0.567. The molecule has 4 rings (SSSR count). The summed E-state index contributed by atoms with van der Waals surface area (Å²) in [5, 5.41) is 1.12. The van der Waals surface area contributed by atoms with Gasteiger partial charge >= 0.3 is 0 Å². The molecule has 0 N–H and O–H groups in total. The quantitative estimate of drug-likeness (QED) is 0.742. The predicted molar refractivity (Wildman–Crippen MR) is 91.9 cm³/mol. The van der Waals surface area contributed by atoms with Crippen molar-refractivity contribution < 1.29 is 0 Å². The molecule has 1 saturated carbocycles. The van der Waals surface area contributed by atoms with Gasteiger partial charge < -0.3 is 4.90 Å². The fourth-order valence-electron chi connectivity index (χ4n) is 3.45. The van der Waals surface area contributed by atoms with Gasteiger partial charge in [0.25, 0.3) is 0 Å². The highest BCUT2D eigenvalue weighted by Gasteiger charge is 2.21. The van der Waals surface area contributed by atoms with Gasteiger partial charge in [0.1, 0.15) is 12.1 Å². The van der Waals surface area contributed by atoms with E-state index < -0.39 is 0 Å². The fraction of sp³-hybridized carbons (Fsp3) is 0.389. The normalized spacial score (nSPS) is 15.9. The molecule has 5 heteroatoms. The van der Waals surface area contributed by atoms with Crippen LogP contribution in [0.15, 0.2) is 43.0 Å². The molecule has 0 saturated heterocycles. The number of para-hydroxylation sites is 1. The van der Waals surface area contributed by atoms with E-state index in [0.29, 0.717) is 12.0 Å². The van der Waals surface area contributed by atoms with E-state index in [4.69, 9.17) is 9.97 Å². The Balaban J connectivity index is 1.83. The average molecular weight is 307 g/mol. The van der Waals surface area contributed by atoms with E-state index in [-0.39, 0.29) is 0 Å². The summed E-state index contributed by atoms with van der Waals surface area (Å²) in [6, 6.07) is 8.81. The van der Waals surface area contributed by atoms with Crippen molar-refractivity contribution in [3.63, 3.8) is 0 Å². The van der Waals surface area contributed by atoms with Crippen LogP contribution in [0.5, 0.6) is 0 Å². The molecular weight excluding hydrogens is 286 g/mol. The molecule has 0 bridgehead atoms. The summed E-state index contributed by atoms with van der Waals surface area (Å²) >= 11 is 0. The highest BCUT2D eigenvalue weighted by Crippen LogP contribution is 2.30. The summed E-state index contributed by atoms with van der Waals surface area (Å²) in [4.78, 5) is 16.0. The minimum absolute atomic E-state index is 0.567. The van der Waals surface area contributed by atoms with Gasteiger partial charge in [-0.05, 0) is 25.0 Å². The van der Waals surface area contributed by atoms with Crippen molar-refractivity contribution in [3.05, 3.63) is 43.0 Å². The van der Waals surface area contributed by atoms with Crippen molar-refractivity contribution in [1.82, 2.24) is 19.5 Å². The maximum Gasteiger partial charge on any atom is 0.237 e. The van der Waals surface area contributed by atoms with Gasteiger partial charge in [0, 0.05) is 30.9 Å². The Morgan fingerprint density at radius 3 is 2.70 bits per heavy atom. The van der Waals surface area contributed by atoms with Crippen molar-refractivity contribution in [2.24, 2.45) is 0 Å². The second-order valence-electron chi connectivity index (χ2n) is 6.24. The number of fused-ring (bicyclic) bond motifs is 1. The highest BCUT2D eigenvalue weighted by molar-refractivity contribution is 5.90. The zero-order valence-electron chi connectivity index (χ0n) is 13.4. The number of imidazole rings is 1. The van der Waals surface area contributed by atoms with E-state index >= 15 is 0 Å². The Morgan fingerprint density at radius 1 is 1.09 bits per heavy atom.